The largest absolute Gasteiger partial charge is 0.505 e. The van der Waals surface area contributed by atoms with Gasteiger partial charge in [-0.2, -0.15) is 5.10 Å². The lowest BCUT2D eigenvalue weighted by atomic mass is 10.2. The first-order valence-electron chi connectivity index (χ1n) is 5.41. The number of nitrogens with one attached hydrogen (secondary N) is 1. The van der Waals surface area contributed by atoms with Gasteiger partial charge in [-0.25, -0.2) is 0 Å². The van der Waals surface area contributed by atoms with E-state index in [2.05, 4.69) is 10.2 Å². The van der Waals surface area contributed by atoms with Crippen LogP contribution in [0.5, 0.6) is 5.75 Å². The quantitative estimate of drug-likeness (QED) is 0.688. The van der Waals surface area contributed by atoms with Crippen molar-refractivity contribution in [3.8, 4) is 11.4 Å². The summed E-state index contributed by atoms with van der Waals surface area (Å²) in [6, 6.07) is 13.2. The number of aromatic nitrogens is 3. The molecule has 0 aliphatic carbocycles. The zero-order chi connectivity index (χ0) is 11.8. The van der Waals surface area contributed by atoms with Crippen LogP contribution in [0.4, 0.5) is 0 Å². The number of nitrogens with zero attached hydrogens (tertiary/aromatic N) is 2. The predicted molar refractivity (Wildman–Crippen MR) is 64.0 cm³/mol. The highest BCUT2D eigenvalue weighted by atomic mass is 16.3. The van der Waals surface area contributed by atoms with Crippen molar-refractivity contribution in [2.24, 2.45) is 0 Å². The van der Waals surface area contributed by atoms with Crippen LogP contribution in [-0.2, 0) is 0 Å². The molecule has 2 aromatic carbocycles. The topological polar surface area (TPSA) is 52.2 Å². The second kappa shape index (κ2) is 3.59. The minimum atomic E-state index is 0.208. The van der Waals surface area contributed by atoms with Crippen molar-refractivity contribution in [2.45, 2.75) is 6.92 Å². The van der Waals surface area contributed by atoms with Gasteiger partial charge in [-0.1, -0.05) is 18.2 Å². The number of phenols is 1. The number of aryl methyl sites for hydroxylation is 1. The molecule has 0 saturated heterocycles. The molecule has 1 aromatic heterocycles. The van der Waals surface area contributed by atoms with E-state index in [1.165, 1.54) is 0 Å². The molecule has 4 nitrogen and oxygen atoms in total. The molecule has 3 rings (SSSR count). The predicted octanol–water partition coefficient (Wildman–Crippen LogP) is 1.85. The van der Waals surface area contributed by atoms with Crippen molar-refractivity contribution in [3.05, 3.63) is 48.0 Å². The molecule has 0 spiro atoms. The molecule has 84 valence electrons. The number of rotatable bonds is 1. The third kappa shape index (κ3) is 1.63. The summed E-state index contributed by atoms with van der Waals surface area (Å²) in [5.74, 6) is 0.208. The smallest absolute Gasteiger partial charge is 0.249 e. The monoisotopic (exact) mass is 226 g/mol. The number of aromatic hydroxyl groups is 1. The lowest BCUT2D eigenvalue weighted by Gasteiger charge is -1.99. The number of benzene rings is 2. The van der Waals surface area contributed by atoms with Crippen LogP contribution in [-0.4, -0.2) is 15.0 Å². The molecule has 4 heteroatoms. The molecule has 0 aliphatic rings. The Labute approximate surface area is 98.1 Å². The maximum Gasteiger partial charge on any atom is 0.249 e. The summed E-state index contributed by atoms with van der Waals surface area (Å²) in [6.45, 7) is 1.98. The Hall–Kier alpha value is -2.36. The zero-order valence-electron chi connectivity index (χ0n) is 9.38. The van der Waals surface area contributed by atoms with Crippen molar-refractivity contribution in [1.29, 1.82) is 0 Å². The lowest BCUT2D eigenvalue weighted by molar-refractivity contribution is -0.454. The van der Waals surface area contributed by atoms with Crippen LogP contribution in [0.3, 0.4) is 0 Å². The second-order valence-corrected chi connectivity index (χ2v) is 4.03. The van der Waals surface area contributed by atoms with Gasteiger partial charge in [0, 0.05) is 0 Å². The summed E-state index contributed by atoms with van der Waals surface area (Å²) >= 11 is 0. The molecule has 3 aromatic rings. The van der Waals surface area contributed by atoms with E-state index in [1.807, 2.05) is 43.3 Å². The van der Waals surface area contributed by atoms with Crippen molar-refractivity contribution in [1.82, 2.24) is 9.90 Å². The Bertz CT molecular complexity index is 655. The molecule has 0 unspecified atom stereocenters. The minimum absolute atomic E-state index is 0.208. The fourth-order valence-electron chi connectivity index (χ4n) is 1.82. The first-order chi connectivity index (χ1) is 8.24. The number of para-hydroxylation sites is 1. The highest BCUT2D eigenvalue weighted by molar-refractivity contribution is 5.70. The van der Waals surface area contributed by atoms with Gasteiger partial charge in [-0.05, 0) is 41.5 Å². The van der Waals surface area contributed by atoms with Crippen LogP contribution in [0.2, 0.25) is 0 Å². The van der Waals surface area contributed by atoms with Gasteiger partial charge < -0.3 is 5.11 Å². The van der Waals surface area contributed by atoms with E-state index in [1.54, 1.807) is 10.9 Å². The van der Waals surface area contributed by atoms with Crippen molar-refractivity contribution in [2.75, 3.05) is 0 Å². The molecule has 1 heterocycles. The Kier molecular flexibility index (Phi) is 2.08. The van der Waals surface area contributed by atoms with Crippen LogP contribution in [0, 0.1) is 6.92 Å². The summed E-state index contributed by atoms with van der Waals surface area (Å²) in [4.78, 5) is 1.59. The lowest BCUT2D eigenvalue weighted by Crippen LogP contribution is -2.17. The van der Waals surface area contributed by atoms with Crippen LogP contribution < -0.4 is 5.10 Å². The maximum atomic E-state index is 9.83. The van der Waals surface area contributed by atoms with Gasteiger partial charge in [0.25, 0.3) is 0 Å². The Morgan fingerprint density at radius 2 is 2.00 bits per heavy atom. The molecule has 17 heavy (non-hydrogen) atoms. The molecular formula is C13H12N3O+. The number of hydrogen-bond acceptors (Lipinski definition) is 2. The molecule has 0 fully saturated rings. The number of hydrogen-bond donors (Lipinski definition) is 1. The Morgan fingerprint density at radius 3 is 2.82 bits per heavy atom. The van der Waals surface area contributed by atoms with Crippen molar-refractivity contribution in [3.63, 3.8) is 0 Å². The molecule has 0 bridgehead atoms. The van der Waals surface area contributed by atoms with Gasteiger partial charge in [0.05, 0.1) is 5.10 Å². The van der Waals surface area contributed by atoms with Crippen molar-refractivity contribution < 1.29 is 10.2 Å². The van der Waals surface area contributed by atoms with E-state index in [9.17, 15) is 5.11 Å². The molecular weight excluding hydrogens is 214 g/mol. The average Bonchev–Trinajstić information content (AvgIpc) is 2.75. The van der Waals surface area contributed by atoms with E-state index >= 15 is 0 Å². The Balaban J connectivity index is 2.23. The second-order valence-electron chi connectivity index (χ2n) is 4.03. The number of H-pyrrole nitrogens is 1. The first kappa shape index (κ1) is 9.84. The van der Waals surface area contributed by atoms with Gasteiger partial charge in [-0.15, -0.1) is 0 Å². The molecule has 0 aliphatic heterocycles. The third-order valence-electron chi connectivity index (χ3n) is 2.70. The number of aromatic amines is 1. The van der Waals surface area contributed by atoms with Gasteiger partial charge >= 0.3 is 0 Å². The summed E-state index contributed by atoms with van der Waals surface area (Å²) in [5, 5.41) is 17.3. The highest BCUT2D eigenvalue weighted by Gasteiger charge is 2.14. The fourth-order valence-corrected chi connectivity index (χ4v) is 1.82. The standard InChI is InChI=1S/C13H11N3O/c1-9-6-7-13(17)12(8-9)16-14-10-4-2-3-5-11(10)15-16/h2-8,17H,1H3/p+1. The normalized spacial score (nSPS) is 10.9. The van der Waals surface area contributed by atoms with E-state index in [4.69, 9.17) is 0 Å². The summed E-state index contributed by atoms with van der Waals surface area (Å²) < 4.78 is 0. The van der Waals surface area contributed by atoms with Crippen LogP contribution in [0.25, 0.3) is 16.7 Å². The van der Waals surface area contributed by atoms with Gasteiger partial charge in [0.1, 0.15) is 5.75 Å². The first-order valence-corrected chi connectivity index (χ1v) is 5.41. The molecule has 0 atom stereocenters. The van der Waals surface area contributed by atoms with E-state index in [-0.39, 0.29) is 5.75 Å². The van der Waals surface area contributed by atoms with E-state index in [0.29, 0.717) is 5.69 Å². The Morgan fingerprint density at radius 1 is 1.18 bits per heavy atom. The molecule has 0 amide bonds. The zero-order valence-corrected chi connectivity index (χ0v) is 9.38. The van der Waals surface area contributed by atoms with Crippen LogP contribution in [0.15, 0.2) is 42.5 Å². The SMILES string of the molecule is Cc1ccc(O)c(-n2nc3ccccc3[nH+]2)c1. The molecule has 0 radical (unpaired) electrons. The summed E-state index contributed by atoms with van der Waals surface area (Å²) in [7, 11) is 0. The fraction of sp³-hybridized carbons (Fsp3) is 0.0769. The maximum absolute atomic E-state index is 9.83. The minimum Gasteiger partial charge on any atom is -0.505 e. The molecule has 2 N–H and O–H groups in total. The van der Waals surface area contributed by atoms with Gasteiger partial charge in [-0.3, -0.25) is 0 Å². The molecule has 0 saturated carbocycles. The van der Waals surface area contributed by atoms with Crippen molar-refractivity contribution >= 4 is 11.0 Å². The van der Waals surface area contributed by atoms with Gasteiger partial charge in [0.15, 0.2) is 11.2 Å². The highest BCUT2D eigenvalue weighted by Crippen LogP contribution is 2.21. The number of phenolic OH excluding ortho intramolecular Hbond substituents is 1. The van der Waals surface area contributed by atoms with Gasteiger partial charge in [0.2, 0.25) is 5.52 Å². The van der Waals surface area contributed by atoms with Crippen LogP contribution in [0.1, 0.15) is 5.56 Å². The van der Waals surface area contributed by atoms with Crippen LogP contribution >= 0.6 is 0 Å². The summed E-state index contributed by atoms with van der Waals surface area (Å²) in [5.41, 5.74) is 3.54. The summed E-state index contributed by atoms with van der Waals surface area (Å²) in [6.07, 6.45) is 0. The van der Waals surface area contributed by atoms with E-state index in [0.717, 1.165) is 16.6 Å². The van der Waals surface area contributed by atoms with E-state index < -0.39 is 0 Å². The third-order valence-corrected chi connectivity index (χ3v) is 2.70. The average molecular weight is 226 g/mol. The number of fused-ring (bicyclic) bond motifs is 1.